The van der Waals surface area contributed by atoms with Gasteiger partial charge in [-0.2, -0.15) is 0 Å². The molecule has 29 heavy (non-hydrogen) atoms. The van der Waals surface area contributed by atoms with Gasteiger partial charge < -0.3 is 20.4 Å². The summed E-state index contributed by atoms with van der Waals surface area (Å²) in [4.78, 5) is 18.4. The van der Waals surface area contributed by atoms with Gasteiger partial charge in [0, 0.05) is 25.7 Å². The number of aliphatic imine (C=N–C) groups is 1. The summed E-state index contributed by atoms with van der Waals surface area (Å²) >= 11 is 0. The molecular formula is C22H31N5O2. The molecule has 0 spiro atoms. The van der Waals surface area contributed by atoms with Crippen molar-refractivity contribution in [1.29, 1.82) is 0 Å². The first-order valence-corrected chi connectivity index (χ1v) is 10.3. The number of carbonyl (C=O) groups is 1. The quantitative estimate of drug-likeness (QED) is 0.471. The van der Waals surface area contributed by atoms with E-state index in [4.69, 9.17) is 9.41 Å². The average Bonchev–Trinajstić information content (AvgIpc) is 3.41. The van der Waals surface area contributed by atoms with Crippen LogP contribution in [0.25, 0.3) is 0 Å². The van der Waals surface area contributed by atoms with Crippen LogP contribution < -0.4 is 16.0 Å². The molecule has 2 heterocycles. The number of amides is 1. The van der Waals surface area contributed by atoms with Crippen molar-refractivity contribution in [2.45, 2.75) is 39.3 Å². The third kappa shape index (κ3) is 6.35. The van der Waals surface area contributed by atoms with Crippen molar-refractivity contribution in [2.75, 3.05) is 31.5 Å². The van der Waals surface area contributed by atoms with Gasteiger partial charge in [-0.15, -0.1) is 0 Å². The predicted molar refractivity (Wildman–Crippen MR) is 116 cm³/mol. The number of likely N-dealkylation sites (tertiary alicyclic amines) is 1. The van der Waals surface area contributed by atoms with E-state index in [1.807, 2.05) is 36.4 Å². The lowest BCUT2D eigenvalue weighted by Crippen LogP contribution is -2.42. The zero-order valence-electron chi connectivity index (χ0n) is 17.3. The molecule has 0 radical (unpaired) electrons. The van der Waals surface area contributed by atoms with E-state index in [1.165, 1.54) is 19.8 Å². The van der Waals surface area contributed by atoms with Crippen molar-refractivity contribution in [1.82, 2.24) is 15.5 Å². The van der Waals surface area contributed by atoms with Crippen LogP contribution in [0, 0.1) is 0 Å². The fourth-order valence-corrected chi connectivity index (χ4v) is 3.60. The maximum Gasteiger partial charge on any atom is 0.221 e. The van der Waals surface area contributed by atoms with Gasteiger partial charge in [0.1, 0.15) is 5.76 Å². The Kier molecular flexibility index (Phi) is 7.69. The number of hydrogen-bond acceptors (Lipinski definition) is 4. The van der Waals surface area contributed by atoms with E-state index in [1.54, 1.807) is 6.26 Å². The molecule has 7 nitrogen and oxygen atoms in total. The van der Waals surface area contributed by atoms with Gasteiger partial charge in [-0.05, 0) is 62.7 Å². The number of carbonyl (C=O) groups excluding carboxylic acids is 1. The molecule has 1 aliphatic rings. The Hall–Kier alpha value is -2.80. The normalized spacial score (nSPS) is 15.9. The lowest BCUT2D eigenvalue weighted by molar-refractivity contribution is -0.114. The Morgan fingerprint density at radius 2 is 2.03 bits per heavy atom. The second-order valence-corrected chi connectivity index (χ2v) is 7.23. The summed E-state index contributed by atoms with van der Waals surface area (Å²) in [5.74, 6) is 1.68. The van der Waals surface area contributed by atoms with Crippen LogP contribution in [0.1, 0.15) is 44.1 Å². The molecule has 0 bridgehead atoms. The molecule has 1 amide bonds. The Morgan fingerprint density at radius 1 is 1.21 bits per heavy atom. The molecule has 0 aliphatic carbocycles. The molecule has 1 saturated heterocycles. The Labute approximate surface area is 172 Å². The smallest absolute Gasteiger partial charge is 0.221 e. The first kappa shape index (κ1) is 20.9. The molecule has 7 heteroatoms. The van der Waals surface area contributed by atoms with Gasteiger partial charge in [-0.3, -0.25) is 9.69 Å². The number of guanidine groups is 1. The van der Waals surface area contributed by atoms with Gasteiger partial charge in [0.05, 0.1) is 18.8 Å². The van der Waals surface area contributed by atoms with E-state index in [2.05, 4.69) is 27.8 Å². The minimum Gasteiger partial charge on any atom is -0.468 e. The summed E-state index contributed by atoms with van der Waals surface area (Å²) < 4.78 is 5.70. The van der Waals surface area contributed by atoms with Crippen LogP contribution in [0.15, 0.2) is 52.1 Å². The van der Waals surface area contributed by atoms with Crippen LogP contribution in [0.5, 0.6) is 0 Å². The van der Waals surface area contributed by atoms with Crippen LogP contribution in [-0.2, 0) is 11.3 Å². The van der Waals surface area contributed by atoms with E-state index in [9.17, 15) is 4.79 Å². The van der Waals surface area contributed by atoms with Crippen molar-refractivity contribution in [3.8, 4) is 0 Å². The Bertz CT molecular complexity index is 797. The molecule has 1 aliphatic heterocycles. The summed E-state index contributed by atoms with van der Waals surface area (Å²) in [6.07, 6.45) is 4.20. The summed E-state index contributed by atoms with van der Waals surface area (Å²) in [5.41, 5.74) is 1.82. The summed E-state index contributed by atoms with van der Waals surface area (Å²) in [6.45, 7) is 7.79. The van der Waals surface area contributed by atoms with E-state index >= 15 is 0 Å². The molecule has 1 fully saturated rings. The largest absolute Gasteiger partial charge is 0.468 e. The summed E-state index contributed by atoms with van der Waals surface area (Å²) in [5, 5.41) is 9.59. The van der Waals surface area contributed by atoms with Gasteiger partial charge in [-0.1, -0.05) is 12.1 Å². The van der Waals surface area contributed by atoms with Gasteiger partial charge >= 0.3 is 0 Å². The second-order valence-electron chi connectivity index (χ2n) is 7.23. The zero-order valence-corrected chi connectivity index (χ0v) is 17.3. The van der Waals surface area contributed by atoms with Crippen molar-refractivity contribution < 1.29 is 9.21 Å². The third-order valence-corrected chi connectivity index (χ3v) is 4.93. The van der Waals surface area contributed by atoms with Crippen molar-refractivity contribution >= 4 is 17.6 Å². The fraction of sp³-hybridized carbons (Fsp3) is 0.455. The average molecular weight is 398 g/mol. The molecule has 1 atom stereocenters. The minimum atomic E-state index is -0.0773. The van der Waals surface area contributed by atoms with E-state index in [-0.39, 0.29) is 11.9 Å². The number of nitrogens with zero attached hydrogens (tertiary/aromatic N) is 2. The number of hydrogen-bond donors (Lipinski definition) is 3. The number of furan rings is 1. The highest BCUT2D eigenvalue weighted by molar-refractivity contribution is 5.88. The zero-order chi connectivity index (χ0) is 20.5. The highest BCUT2D eigenvalue weighted by atomic mass is 16.3. The number of anilines is 1. The van der Waals surface area contributed by atoms with Crippen LogP contribution in [-0.4, -0.2) is 42.9 Å². The lowest BCUT2D eigenvalue weighted by Gasteiger charge is -2.26. The van der Waals surface area contributed by atoms with Crippen LogP contribution in [0.4, 0.5) is 5.69 Å². The van der Waals surface area contributed by atoms with Crippen molar-refractivity contribution in [3.63, 3.8) is 0 Å². The van der Waals surface area contributed by atoms with E-state index in [0.717, 1.165) is 49.1 Å². The SMILES string of the molecule is CCNC(=NCc1cccc(NC(C)=O)c1)NCC(c1ccco1)N1CCCC1. The molecule has 0 saturated carbocycles. The van der Waals surface area contributed by atoms with Crippen molar-refractivity contribution in [3.05, 3.63) is 54.0 Å². The molecule has 1 aromatic heterocycles. The van der Waals surface area contributed by atoms with Gasteiger partial charge in [0.2, 0.25) is 5.91 Å². The van der Waals surface area contributed by atoms with E-state index < -0.39 is 0 Å². The summed E-state index contributed by atoms with van der Waals surface area (Å²) in [7, 11) is 0. The van der Waals surface area contributed by atoms with Crippen molar-refractivity contribution in [2.24, 2.45) is 4.99 Å². The highest BCUT2D eigenvalue weighted by Crippen LogP contribution is 2.24. The van der Waals surface area contributed by atoms with E-state index in [0.29, 0.717) is 6.54 Å². The standard InChI is InChI=1S/C22H31N5O2/c1-3-23-22(24-15-18-8-6-9-19(14-18)26-17(2)28)25-16-20(21-10-7-13-29-21)27-11-4-5-12-27/h6-10,13-14,20H,3-5,11-12,15-16H2,1-2H3,(H,26,28)(H2,23,24,25). The molecular weight excluding hydrogens is 366 g/mol. The van der Waals surface area contributed by atoms with Crippen LogP contribution in [0.3, 0.4) is 0 Å². The Balaban J connectivity index is 1.64. The highest BCUT2D eigenvalue weighted by Gasteiger charge is 2.25. The molecule has 3 rings (SSSR count). The fourth-order valence-electron chi connectivity index (χ4n) is 3.60. The topological polar surface area (TPSA) is 81.9 Å². The van der Waals surface area contributed by atoms with Crippen LogP contribution >= 0.6 is 0 Å². The monoisotopic (exact) mass is 397 g/mol. The first-order chi connectivity index (χ1) is 14.2. The predicted octanol–water partition coefficient (Wildman–Crippen LogP) is 3.13. The third-order valence-electron chi connectivity index (χ3n) is 4.93. The second kappa shape index (κ2) is 10.7. The molecule has 3 N–H and O–H groups in total. The summed E-state index contributed by atoms with van der Waals surface area (Å²) in [6, 6.07) is 11.9. The molecule has 156 valence electrons. The van der Waals surface area contributed by atoms with Gasteiger partial charge in [0.15, 0.2) is 5.96 Å². The molecule has 1 unspecified atom stereocenters. The van der Waals surface area contributed by atoms with Gasteiger partial charge in [0.25, 0.3) is 0 Å². The van der Waals surface area contributed by atoms with Crippen LogP contribution in [0.2, 0.25) is 0 Å². The van der Waals surface area contributed by atoms with Gasteiger partial charge in [-0.25, -0.2) is 4.99 Å². The lowest BCUT2D eigenvalue weighted by atomic mass is 10.2. The minimum absolute atomic E-state index is 0.0773. The molecule has 1 aromatic carbocycles. The first-order valence-electron chi connectivity index (χ1n) is 10.3. The number of rotatable bonds is 8. The maximum absolute atomic E-state index is 11.3. The molecule has 2 aromatic rings. The maximum atomic E-state index is 11.3. The number of benzene rings is 1. The number of nitrogens with one attached hydrogen (secondary N) is 3. The Morgan fingerprint density at radius 3 is 2.72 bits per heavy atom.